The van der Waals surface area contributed by atoms with Gasteiger partial charge in [0.2, 0.25) is 0 Å². The average molecular weight is 206 g/mol. The summed E-state index contributed by atoms with van der Waals surface area (Å²) in [6.45, 7) is 3.99. The maximum atomic E-state index is 9.61. The van der Waals surface area contributed by atoms with Crippen LogP contribution >= 0.6 is 0 Å². The van der Waals surface area contributed by atoms with E-state index in [1.54, 1.807) is 0 Å². The van der Waals surface area contributed by atoms with E-state index in [0.717, 1.165) is 31.6 Å². The Morgan fingerprint density at radius 1 is 1.53 bits per heavy atom. The summed E-state index contributed by atoms with van der Waals surface area (Å²) in [6.07, 6.45) is 3.68. The van der Waals surface area contributed by atoms with Gasteiger partial charge in [0.15, 0.2) is 0 Å². The Bertz CT molecular complexity index is 302. The zero-order chi connectivity index (χ0) is 10.7. The summed E-state index contributed by atoms with van der Waals surface area (Å²) in [6, 6.07) is 6.30. The quantitative estimate of drug-likeness (QED) is 0.798. The number of aliphatic hydroxyl groups excluding tert-OH is 1. The number of rotatable bonds is 2. The lowest BCUT2D eigenvalue weighted by atomic mass is 10.0. The molecule has 82 valence electrons. The number of piperidine rings is 1. The van der Waals surface area contributed by atoms with Crippen LogP contribution in [0.5, 0.6) is 0 Å². The van der Waals surface area contributed by atoms with Crippen LogP contribution in [0.4, 0.5) is 0 Å². The van der Waals surface area contributed by atoms with Crippen LogP contribution in [0.15, 0.2) is 24.4 Å². The van der Waals surface area contributed by atoms with Gasteiger partial charge in [-0.05, 0) is 38.4 Å². The largest absolute Gasteiger partial charge is 0.392 e. The van der Waals surface area contributed by atoms with Crippen molar-refractivity contribution in [1.82, 2.24) is 9.88 Å². The SMILES string of the molecule is C[C@@H](c1ccccn1)N1CCC[C@H](O)C1. The third-order valence-corrected chi connectivity index (χ3v) is 3.09. The van der Waals surface area contributed by atoms with Crippen molar-refractivity contribution in [3.63, 3.8) is 0 Å². The highest BCUT2D eigenvalue weighted by molar-refractivity contribution is 5.08. The minimum absolute atomic E-state index is 0.162. The molecule has 2 heterocycles. The van der Waals surface area contributed by atoms with Crippen LogP contribution in [0.1, 0.15) is 31.5 Å². The second kappa shape index (κ2) is 4.73. The van der Waals surface area contributed by atoms with Crippen LogP contribution in [-0.2, 0) is 0 Å². The van der Waals surface area contributed by atoms with Crippen molar-refractivity contribution >= 4 is 0 Å². The molecule has 0 amide bonds. The van der Waals surface area contributed by atoms with Crippen molar-refractivity contribution < 1.29 is 5.11 Å². The smallest absolute Gasteiger partial charge is 0.0667 e. The van der Waals surface area contributed by atoms with Gasteiger partial charge in [-0.1, -0.05) is 6.07 Å². The van der Waals surface area contributed by atoms with Crippen LogP contribution in [0.2, 0.25) is 0 Å². The second-order valence-electron chi connectivity index (χ2n) is 4.22. The summed E-state index contributed by atoms with van der Waals surface area (Å²) in [5.41, 5.74) is 1.09. The minimum atomic E-state index is -0.162. The molecule has 15 heavy (non-hydrogen) atoms. The lowest BCUT2D eigenvalue weighted by Gasteiger charge is -2.34. The summed E-state index contributed by atoms with van der Waals surface area (Å²) in [7, 11) is 0. The molecule has 3 nitrogen and oxygen atoms in total. The van der Waals surface area contributed by atoms with Gasteiger partial charge in [0.05, 0.1) is 11.8 Å². The Labute approximate surface area is 90.8 Å². The van der Waals surface area contributed by atoms with E-state index in [4.69, 9.17) is 0 Å². The monoisotopic (exact) mass is 206 g/mol. The molecule has 1 aromatic heterocycles. The molecule has 2 atom stereocenters. The first kappa shape index (κ1) is 10.6. The summed E-state index contributed by atoms with van der Waals surface area (Å²) in [4.78, 5) is 6.66. The zero-order valence-corrected chi connectivity index (χ0v) is 9.13. The highest BCUT2D eigenvalue weighted by Gasteiger charge is 2.23. The van der Waals surface area contributed by atoms with Crippen LogP contribution in [0.25, 0.3) is 0 Å². The van der Waals surface area contributed by atoms with Gasteiger partial charge in [-0.25, -0.2) is 0 Å². The Morgan fingerprint density at radius 2 is 2.40 bits per heavy atom. The Balaban J connectivity index is 2.04. The van der Waals surface area contributed by atoms with Gasteiger partial charge in [0, 0.05) is 18.8 Å². The molecule has 3 heteroatoms. The van der Waals surface area contributed by atoms with E-state index >= 15 is 0 Å². The first-order valence-corrected chi connectivity index (χ1v) is 5.60. The molecule has 1 fully saturated rings. The van der Waals surface area contributed by atoms with E-state index in [9.17, 15) is 5.11 Å². The van der Waals surface area contributed by atoms with E-state index < -0.39 is 0 Å². The van der Waals surface area contributed by atoms with Gasteiger partial charge in [-0.2, -0.15) is 0 Å². The number of pyridine rings is 1. The molecule has 0 aliphatic carbocycles. The molecule has 0 aromatic carbocycles. The lowest BCUT2D eigenvalue weighted by molar-refractivity contribution is 0.0494. The number of hydrogen-bond donors (Lipinski definition) is 1. The number of hydrogen-bond acceptors (Lipinski definition) is 3. The molecule has 1 N–H and O–H groups in total. The molecule has 0 bridgehead atoms. The molecular weight excluding hydrogens is 188 g/mol. The molecule has 0 spiro atoms. The van der Waals surface area contributed by atoms with Crippen molar-refractivity contribution in [2.45, 2.75) is 31.9 Å². The molecule has 0 radical (unpaired) electrons. The van der Waals surface area contributed by atoms with Crippen molar-refractivity contribution in [2.75, 3.05) is 13.1 Å². The average Bonchev–Trinajstić information content (AvgIpc) is 2.29. The predicted molar refractivity (Wildman–Crippen MR) is 59.5 cm³/mol. The third-order valence-electron chi connectivity index (χ3n) is 3.09. The van der Waals surface area contributed by atoms with Crippen LogP contribution in [0.3, 0.4) is 0 Å². The first-order valence-electron chi connectivity index (χ1n) is 5.60. The Hall–Kier alpha value is -0.930. The fraction of sp³-hybridized carbons (Fsp3) is 0.583. The standard InChI is InChI=1S/C12H18N2O/c1-10(12-6-2-3-7-13-12)14-8-4-5-11(15)9-14/h2-3,6-7,10-11,15H,4-5,8-9H2,1H3/t10-,11-/m0/s1. The van der Waals surface area contributed by atoms with Gasteiger partial charge < -0.3 is 5.11 Å². The fourth-order valence-electron chi connectivity index (χ4n) is 2.15. The molecular formula is C12H18N2O. The lowest BCUT2D eigenvalue weighted by Crippen LogP contribution is -2.39. The number of likely N-dealkylation sites (tertiary alicyclic amines) is 1. The van der Waals surface area contributed by atoms with Gasteiger partial charge in [0.1, 0.15) is 0 Å². The van der Waals surface area contributed by atoms with Crippen molar-refractivity contribution in [3.8, 4) is 0 Å². The Kier molecular flexibility index (Phi) is 3.34. The summed E-state index contributed by atoms with van der Waals surface area (Å²) in [5, 5.41) is 9.61. The number of nitrogens with zero attached hydrogens (tertiary/aromatic N) is 2. The van der Waals surface area contributed by atoms with Crippen LogP contribution in [0, 0.1) is 0 Å². The minimum Gasteiger partial charge on any atom is -0.392 e. The third kappa shape index (κ3) is 2.55. The topological polar surface area (TPSA) is 36.4 Å². The highest BCUT2D eigenvalue weighted by Crippen LogP contribution is 2.22. The van der Waals surface area contributed by atoms with Gasteiger partial charge >= 0.3 is 0 Å². The second-order valence-corrected chi connectivity index (χ2v) is 4.22. The van der Waals surface area contributed by atoms with E-state index in [2.05, 4.69) is 16.8 Å². The normalized spacial score (nSPS) is 25.1. The van der Waals surface area contributed by atoms with Crippen molar-refractivity contribution in [2.24, 2.45) is 0 Å². The van der Waals surface area contributed by atoms with Crippen molar-refractivity contribution in [1.29, 1.82) is 0 Å². The van der Waals surface area contributed by atoms with E-state index in [1.807, 2.05) is 24.4 Å². The van der Waals surface area contributed by atoms with Crippen molar-refractivity contribution in [3.05, 3.63) is 30.1 Å². The summed E-state index contributed by atoms with van der Waals surface area (Å²) < 4.78 is 0. The van der Waals surface area contributed by atoms with Gasteiger partial charge in [0.25, 0.3) is 0 Å². The summed E-state index contributed by atoms with van der Waals surface area (Å²) >= 11 is 0. The molecule has 1 saturated heterocycles. The molecule has 1 aliphatic rings. The highest BCUT2D eigenvalue weighted by atomic mass is 16.3. The molecule has 2 rings (SSSR count). The molecule has 1 aromatic rings. The maximum absolute atomic E-state index is 9.61. The Morgan fingerprint density at radius 3 is 3.07 bits per heavy atom. The van der Waals surface area contributed by atoms with E-state index in [-0.39, 0.29) is 6.10 Å². The molecule has 0 saturated carbocycles. The number of β-amino-alcohol motifs (C(OH)–C–C–N with tert-alkyl or cyclic N) is 1. The number of aromatic nitrogens is 1. The van der Waals surface area contributed by atoms with E-state index in [0.29, 0.717) is 6.04 Å². The fourth-order valence-corrected chi connectivity index (χ4v) is 2.15. The van der Waals surface area contributed by atoms with Crippen LogP contribution < -0.4 is 0 Å². The van der Waals surface area contributed by atoms with E-state index in [1.165, 1.54) is 0 Å². The van der Waals surface area contributed by atoms with Crippen LogP contribution in [-0.4, -0.2) is 34.2 Å². The molecule has 1 aliphatic heterocycles. The zero-order valence-electron chi connectivity index (χ0n) is 9.13. The van der Waals surface area contributed by atoms with Gasteiger partial charge in [-0.15, -0.1) is 0 Å². The first-order chi connectivity index (χ1) is 7.27. The predicted octanol–water partition coefficient (Wildman–Crippen LogP) is 1.60. The maximum Gasteiger partial charge on any atom is 0.0667 e. The number of aliphatic hydroxyl groups is 1. The summed E-state index contributed by atoms with van der Waals surface area (Å²) in [5.74, 6) is 0. The van der Waals surface area contributed by atoms with Gasteiger partial charge in [-0.3, -0.25) is 9.88 Å². The molecule has 0 unspecified atom stereocenters.